The molecule has 0 radical (unpaired) electrons. The Balaban J connectivity index is 1.87. The van der Waals surface area contributed by atoms with Crippen molar-refractivity contribution in [3.05, 3.63) is 77.0 Å². The predicted octanol–water partition coefficient (Wildman–Crippen LogP) is 3.57. The molecule has 1 atom stereocenters. The Kier molecular flexibility index (Phi) is 5.28. The van der Waals surface area contributed by atoms with E-state index in [1.807, 2.05) is 42.5 Å². The summed E-state index contributed by atoms with van der Waals surface area (Å²) in [6, 6.07) is 14.7. The van der Waals surface area contributed by atoms with E-state index >= 15 is 0 Å². The zero-order valence-corrected chi connectivity index (χ0v) is 15.8. The van der Waals surface area contributed by atoms with Crippen LogP contribution in [0.4, 0.5) is 5.69 Å². The molecule has 2 aromatic rings. The fourth-order valence-electron chi connectivity index (χ4n) is 3.32. The van der Waals surface area contributed by atoms with Crippen LogP contribution < -0.4 is 5.01 Å². The summed E-state index contributed by atoms with van der Waals surface area (Å²) in [5.41, 5.74) is 4.09. The van der Waals surface area contributed by atoms with Crippen molar-refractivity contribution in [3.8, 4) is 0 Å². The highest BCUT2D eigenvalue weighted by Gasteiger charge is 2.30. The summed E-state index contributed by atoms with van der Waals surface area (Å²) < 4.78 is 9.56. The van der Waals surface area contributed by atoms with E-state index in [2.05, 4.69) is 11.9 Å². The summed E-state index contributed by atoms with van der Waals surface area (Å²) in [4.78, 5) is 23.4. The van der Waals surface area contributed by atoms with Gasteiger partial charge in [0.05, 0.1) is 37.1 Å². The van der Waals surface area contributed by atoms with Crippen molar-refractivity contribution in [1.29, 1.82) is 0 Å². The number of likely N-dealkylation sites (N-methyl/N-ethyl adjacent to an activating group) is 1. The zero-order chi connectivity index (χ0) is 19.6. The fourth-order valence-corrected chi connectivity index (χ4v) is 3.32. The molecule has 0 aliphatic carbocycles. The van der Waals surface area contributed by atoms with E-state index < -0.39 is 0 Å². The Morgan fingerprint density at radius 3 is 2.19 bits per heavy atom. The summed E-state index contributed by atoms with van der Waals surface area (Å²) in [5, 5.41) is 4.08. The second kappa shape index (κ2) is 7.63. The van der Waals surface area contributed by atoms with Gasteiger partial charge in [-0.25, -0.2) is 14.6 Å². The van der Waals surface area contributed by atoms with Gasteiger partial charge in [-0.3, -0.25) is 5.01 Å². The van der Waals surface area contributed by atoms with E-state index in [1.165, 1.54) is 14.2 Å². The number of methoxy groups -OCH3 is 2. The predicted molar refractivity (Wildman–Crippen MR) is 102 cm³/mol. The van der Waals surface area contributed by atoms with Crippen LogP contribution in [0.25, 0.3) is 0 Å². The van der Waals surface area contributed by atoms with E-state index in [4.69, 9.17) is 9.47 Å². The Labute approximate surface area is 158 Å². The number of nitrogens with zero attached hydrogens (tertiary/aromatic N) is 2. The number of carbonyl (C=O) groups excluding carboxylic acids is 2. The molecule has 1 unspecified atom stereocenters. The Hall–Kier alpha value is -3.12. The highest BCUT2D eigenvalue weighted by Crippen LogP contribution is 2.37. The maximum Gasteiger partial charge on any atom is 0.337 e. The Morgan fingerprint density at radius 1 is 0.926 bits per heavy atom. The summed E-state index contributed by atoms with van der Waals surface area (Å²) >= 11 is 0. The van der Waals surface area contributed by atoms with Crippen molar-refractivity contribution in [2.45, 2.75) is 13.0 Å². The number of benzene rings is 2. The maximum atomic E-state index is 11.8. The molecule has 0 aromatic heterocycles. The SMILES string of the molecule is COC(=O)c1ccc(C2C(C)=CN(c3cccc(C(=O)OC)c3)N2C)cc1. The third-order valence-electron chi connectivity index (χ3n) is 4.65. The molecule has 0 saturated carbocycles. The molecule has 1 heterocycles. The first-order chi connectivity index (χ1) is 13.0. The van der Waals surface area contributed by atoms with Gasteiger partial charge in [-0.2, -0.15) is 0 Å². The van der Waals surface area contributed by atoms with Gasteiger partial charge in [0.15, 0.2) is 0 Å². The van der Waals surface area contributed by atoms with Gasteiger partial charge in [0.1, 0.15) is 0 Å². The fraction of sp³-hybridized carbons (Fsp3) is 0.238. The zero-order valence-electron chi connectivity index (χ0n) is 15.8. The van der Waals surface area contributed by atoms with Crippen molar-refractivity contribution in [2.75, 3.05) is 26.3 Å². The van der Waals surface area contributed by atoms with Gasteiger partial charge in [0.2, 0.25) is 0 Å². The average Bonchev–Trinajstić information content (AvgIpc) is 3.01. The number of hydrogen-bond donors (Lipinski definition) is 0. The van der Waals surface area contributed by atoms with Crippen molar-refractivity contribution >= 4 is 17.6 Å². The van der Waals surface area contributed by atoms with E-state index in [9.17, 15) is 9.59 Å². The molecular weight excluding hydrogens is 344 g/mol. The lowest BCUT2D eigenvalue weighted by molar-refractivity contribution is 0.0592. The molecule has 0 fully saturated rings. The van der Waals surface area contributed by atoms with Gasteiger partial charge in [-0.15, -0.1) is 0 Å². The second-order valence-electron chi connectivity index (χ2n) is 6.35. The molecule has 27 heavy (non-hydrogen) atoms. The van der Waals surface area contributed by atoms with Crippen LogP contribution in [0.5, 0.6) is 0 Å². The lowest BCUT2D eigenvalue weighted by Crippen LogP contribution is -2.33. The van der Waals surface area contributed by atoms with E-state index in [1.54, 1.807) is 24.3 Å². The molecule has 0 N–H and O–H groups in total. The lowest BCUT2D eigenvalue weighted by atomic mass is 10.00. The molecule has 0 amide bonds. The highest BCUT2D eigenvalue weighted by atomic mass is 16.5. The van der Waals surface area contributed by atoms with Crippen LogP contribution in [0.1, 0.15) is 39.2 Å². The summed E-state index contributed by atoms with van der Waals surface area (Å²) in [7, 11) is 4.72. The first-order valence-corrected chi connectivity index (χ1v) is 8.53. The van der Waals surface area contributed by atoms with Crippen molar-refractivity contribution in [3.63, 3.8) is 0 Å². The quantitative estimate of drug-likeness (QED) is 0.771. The van der Waals surface area contributed by atoms with E-state index in [0.717, 1.165) is 16.8 Å². The number of ether oxygens (including phenoxy) is 2. The minimum atomic E-state index is -0.366. The monoisotopic (exact) mass is 366 g/mol. The summed E-state index contributed by atoms with van der Waals surface area (Å²) in [5.74, 6) is -0.718. The molecule has 2 aromatic carbocycles. The number of hydrogen-bond acceptors (Lipinski definition) is 6. The Bertz CT molecular complexity index is 889. The molecule has 3 rings (SSSR count). The third-order valence-corrected chi connectivity index (χ3v) is 4.65. The molecular formula is C21H22N2O4. The minimum Gasteiger partial charge on any atom is -0.465 e. The van der Waals surface area contributed by atoms with Gasteiger partial charge in [0.25, 0.3) is 0 Å². The van der Waals surface area contributed by atoms with E-state index in [-0.39, 0.29) is 18.0 Å². The Morgan fingerprint density at radius 2 is 1.56 bits per heavy atom. The van der Waals surface area contributed by atoms with Crippen LogP contribution in [0, 0.1) is 0 Å². The molecule has 0 saturated heterocycles. The van der Waals surface area contributed by atoms with Crippen LogP contribution in [-0.4, -0.2) is 38.2 Å². The molecule has 140 valence electrons. The van der Waals surface area contributed by atoms with Crippen molar-refractivity contribution in [2.24, 2.45) is 0 Å². The number of carbonyl (C=O) groups is 2. The third kappa shape index (κ3) is 3.57. The summed E-state index contributed by atoms with van der Waals surface area (Å²) in [6.45, 7) is 2.06. The minimum absolute atomic E-state index is 0.0264. The van der Waals surface area contributed by atoms with Gasteiger partial charge in [-0.1, -0.05) is 18.2 Å². The molecule has 0 bridgehead atoms. The molecule has 1 aliphatic rings. The van der Waals surface area contributed by atoms with Gasteiger partial charge in [-0.05, 0) is 48.4 Å². The molecule has 6 nitrogen and oxygen atoms in total. The highest BCUT2D eigenvalue weighted by molar-refractivity contribution is 5.90. The van der Waals surface area contributed by atoms with Crippen molar-refractivity contribution in [1.82, 2.24) is 5.01 Å². The lowest BCUT2D eigenvalue weighted by Gasteiger charge is -2.31. The van der Waals surface area contributed by atoms with Crippen LogP contribution in [0.15, 0.2) is 60.3 Å². The number of hydrazine groups is 1. The number of anilines is 1. The standard InChI is InChI=1S/C21H22N2O4/c1-14-13-23(18-7-5-6-17(12-18)21(25)27-4)22(2)19(14)15-8-10-16(11-9-15)20(24)26-3/h5-13,19H,1-4H3. The van der Waals surface area contributed by atoms with Crippen LogP contribution in [0.3, 0.4) is 0 Å². The van der Waals surface area contributed by atoms with Gasteiger partial charge >= 0.3 is 11.9 Å². The first kappa shape index (κ1) is 18.7. The largest absolute Gasteiger partial charge is 0.465 e. The first-order valence-electron chi connectivity index (χ1n) is 8.53. The maximum absolute atomic E-state index is 11.8. The van der Waals surface area contributed by atoms with E-state index in [0.29, 0.717) is 11.1 Å². The van der Waals surface area contributed by atoms with Crippen LogP contribution in [-0.2, 0) is 9.47 Å². The van der Waals surface area contributed by atoms with Crippen LogP contribution in [0.2, 0.25) is 0 Å². The van der Waals surface area contributed by atoms with Gasteiger partial charge in [0, 0.05) is 13.2 Å². The normalized spacial score (nSPS) is 16.8. The number of rotatable bonds is 4. The van der Waals surface area contributed by atoms with Crippen LogP contribution >= 0.6 is 0 Å². The smallest absolute Gasteiger partial charge is 0.337 e. The van der Waals surface area contributed by atoms with Crippen molar-refractivity contribution < 1.29 is 19.1 Å². The second-order valence-corrected chi connectivity index (χ2v) is 6.35. The molecule has 1 aliphatic heterocycles. The van der Waals surface area contributed by atoms with Gasteiger partial charge < -0.3 is 9.47 Å². The topological polar surface area (TPSA) is 59.1 Å². The molecule has 6 heteroatoms. The molecule has 0 spiro atoms. The number of esters is 2. The summed E-state index contributed by atoms with van der Waals surface area (Å²) in [6.07, 6.45) is 2.04. The average molecular weight is 366 g/mol.